The number of aryl methyl sites for hydroxylation is 1. The molecule has 1 aromatic heterocycles. The minimum Gasteiger partial charge on any atom is -0.379 e. The van der Waals surface area contributed by atoms with Crippen LogP contribution in [0.5, 0.6) is 0 Å². The number of urea groups is 1. The van der Waals surface area contributed by atoms with Crippen LogP contribution in [0.15, 0.2) is 12.1 Å². The van der Waals surface area contributed by atoms with Gasteiger partial charge in [-0.3, -0.25) is 4.98 Å². The van der Waals surface area contributed by atoms with Gasteiger partial charge in [0.1, 0.15) is 0 Å². The van der Waals surface area contributed by atoms with Crippen LogP contribution in [0, 0.1) is 5.41 Å². The first-order valence-corrected chi connectivity index (χ1v) is 8.41. The van der Waals surface area contributed by atoms with E-state index in [0.29, 0.717) is 25.3 Å². The summed E-state index contributed by atoms with van der Waals surface area (Å²) in [6, 6.07) is 4.05. The Morgan fingerprint density at radius 1 is 1.35 bits per heavy atom. The molecule has 1 aliphatic carbocycles. The zero-order chi connectivity index (χ0) is 16.1. The van der Waals surface area contributed by atoms with Crippen molar-refractivity contribution >= 4 is 11.7 Å². The maximum Gasteiger partial charge on any atom is 0.315 e. The smallest absolute Gasteiger partial charge is 0.315 e. The van der Waals surface area contributed by atoms with E-state index in [-0.39, 0.29) is 12.1 Å². The number of aromatic nitrogens is 1. The lowest BCUT2D eigenvalue weighted by Crippen LogP contribution is -2.46. The number of carbonyl (C=O) groups excluding carboxylic acids is 1. The molecule has 1 aromatic rings. The van der Waals surface area contributed by atoms with E-state index < -0.39 is 0 Å². The van der Waals surface area contributed by atoms with Crippen molar-refractivity contribution in [2.24, 2.45) is 0 Å². The van der Waals surface area contributed by atoms with Gasteiger partial charge in [-0.2, -0.15) is 0 Å². The fraction of sp³-hybridized carbons (Fsp3) is 0.588. The van der Waals surface area contributed by atoms with Gasteiger partial charge in [-0.05, 0) is 43.7 Å². The molecule has 0 bridgehead atoms. The van der Waals surface area contributed by atoms with Crippen LogP contribution in [0.4, 0.5) is 4.79 Å². The SMILES string of the molecule is N=C1CCCc2ccc(CCNC(=O)NC3CCCOC3)nc21. The molecule has 1 aliphatic heterocycles. The van der Waals surface area contributed by atoms with Crippen LogP contribution in [0.25, 0.3) is 0 Å². The standard InChI is InChI=1S/C17H24N4O2/c18-15-5-1-3-12-6-7-13(20-16(12)15)8-9-19-17(22)21-14-4-2-10-23-11-14/h6-7,14,18H,1-5,8-11H2,(H2,19,21,22). The van der Waals surface area contributed by atoms with Crippen molar-refractivity contribution in [2.45, 2.75) is 44.6 Å². The number of hydrogen-bond donors (Lipinski definition) is 3. The summed E-state index contributed by atoms with van der Waals surface area (Å²) < 4.78 is 5.35. The highest BCUT2D eigenvalue weighted by molar-refractivity contribution is 5.98. The number of nitrogens with one attached hydrogen (secondary N) is 3. The van der Waals surface area contributed by atoms with Crippen molar-refractivity contribution in [3.63, 3.8) is 0 Å². The third kappa shape index (κ3) is 4.28. The van der Waals surface area contributed by atoms with Gasteiger partial charge < -0.3 is 20.8 Å². The van der Waals surface area contributed by atoms with Crippen LogP contribution in [0.2, 0.25) is 0 Å². The molecule has 1 fully saturated rings. The van der Waals surface area contributed by atoms with Gasteiger partial charge in [-0.1, -0.05) is 6.07 Å². The second-order valence-corrected chi connectivity index (χ2v) is 6.21. The third-order valence-electron chi connectivity index (χ3n) is 4.36. The first kappa shape index (κ1) is 15.9. The van der Waals surface area contributed by atoms with Gasteiger partial charge in [0.05, 0.1) is 24.1 Å². The van der Waals surface area contributed by atoms with Crippen molar-refractivity contribution in [2.75, 3.05) is 19.8 Å². The molecule has 2 amide bonds. The Balaban J connectivity index is 1.46. The molecule has 2 heterocycles. The topological polar surface area (TPSA) is 87.1 Å². The summed E-state index contributed by atoms with van der Waals surface area (Å²) >= 11 is 0. The quantitative estimate of drug-likeness (QED) is 0.791. The van der Waals surface area contributed by atoms with E-state index in [0.717, 1.165) is 50.1 Å². The Labute approximate surface area is 136 Å². The summed E-state index contributed by atoms with van der Waals surface area (Å²) in [5.74, 6) is 0. The lowest BCUT2D eigenvalue weighted by atomic mass is 9.94. The normalized spacial score (nSPS) is 20.7. The van der Waals surface area contributed by atoms with Gasteiger partial charge in [-0.25, -0.2) is 4.79 Å². The predicted octanol–water partition coefficient (Wildman–Crippen LogP) is 1.81. The monoisotopic (exact) mass is 316 g/mol. The predicted molar refractivity (Wildman–Crippen MR) is 88.1 cm³/mol. The lowest BCUT2D eigenvalue weighted by molar-refractivity contribution is 0.0732. The zero-order valence-corrected chi connectivity index (χ0v) is 13.4. The number of ether oxygens (including phenoxy) is 1. The molecule has 1 saturated heterocycles. The van der Waals surface area contributed by atoms with E-state index >= 15 is 0 Å². The van der Waals surface area contributed by atoms with Gasteiger partial charge in [-0.15, -0.1) is 0 Å². The van der Waals surface area contributed by atoms with Crippen LogP contribution in [0.1, 0.15) is 42.6 Å². The Bertz CT molecular complexity index is 582. The highest BCUT2D eigenvalue weighted by Gasteiger charge is 2.17. The minimum absolute atomic E-state index is 0.117. The molecule has 1 atom stereocenters. The molecular weight excluding hydrogens is 292 g/mol. The highest BCUT2D eigenvalue weighted by atomic mass is 16.5. The molecule has 6 nitrogen and oxygen atoms in total. The summed E-state index contributed by atoms with van der Waals surface area (Å²) in [5, 5.41) is 13.8. The summed E-state index contributed by atoms with van der Waals surface area (Å²) in [7, 11) is 0. The fourth-order valence-electron chi connectivity index (χ4n) is 3.10. The van der Waals surface area contributed by atoms with E-state index in [9.17, 15) is 4.79 Å². The Morgan fingerprint density at radius 2 is 2.26 bits per heavy atom. The van der Waals surface area contributed by atoms with Gasteiger partial charge in [0.15, 0.2) is 0 Å². The summed E-state index contributed by atoms with van der Waals surface area (Å²) in [6.07, 6.45) is 5.51. The van der Waals surface area contributed by atoms with Gasteiger partial charge in [0, 0.05) is 25.3 Å². The Kier molecular flexibility index (Phi) is 5.23. The maximum absolute atomic E-state index is 11.9. The molecule has 0 spiro atoms. The van der Waals surface area contributed by atoms with Crippen molar-refractivity contribution in [3.8, 4) is 0 Å². The first-order chi connectivity index (χ1) is 11.2. The third-order valence-corrected chi connectivity index (χ3v) is 4.36. The van der Waals surface area contributed by atoms with E-state index in [1.807, 2.05) is 6.07 Å². The van der Waals surface area contributed by atoms with Crippen LogP contribution >= 0.6 is 0 Å². The minimum atomic E-state index is -0.147. The van der Waals surface area contributed by atoms with Crippen LogP contribution < -0.4 is 10.6 Å². The second-order valence-electron chi connectivity index (χ2n) is 6.21. The molecule has 1 unspecified atom stereocenters. The molecule has 0 saturated carbocycles. The number of amides is 2. The summed E-state index contributed by atoms with van der Waals surface area (Å²) in [5.41, 5.74) is 3.58. The van der Waals surface area contributed by atoms with E-state index in [4.69, 9.17) is 10.1 Å². The van der Waals surface area contributed by atoms with Crippen LogP contribution in [-0.4, -0.2) is 42.5 Å². The van der Waals surface area contributed by atoms with E-state index in [2.05, 4.69) is 21.7 Å². The van der Waals surface area contributed by atoms with Crippen LogP contribution in [0.3, 0.4) is 0 Å². The summed E-state index contributed by atoms with van der Waals surface area (Å²) in [4.78, 5) is 16.4. The molecular formula is C17H24N4O2. The lowest BCUT2D eigenvalue weighted by Gasteiger charge is -2.23. The number of nitrogens with zero attached hydrogens (tertiary/aromatic N) is 1. The molecule has 2 aliphatic rings. The van der Waals surface area contributed by atoms with Crippen molar-refractivity contribution in [1.82, 2.24) is 15.6 Å². The Morgan fingerprint density at radius 3 is 3.09 bits per heavy atom. The number of rotatable bonds is 4. The largest absolute Gasteiger partial charge is 0.379 e. The van der Waals surface area contributed by atoms with Gasteiger partial charge in [0.25, 0.3) is 0 Å². The van der Waals surface area contributed by atoms with Crippen LogP contribution in [-0.2, 0) is 17.6 Å². The molecule has 23 heavy (non-hydrogen) atoms. The number of carbonyl (C=O) groups is 1. The average Bonchev–Trinajstić information content (AvgIpc) is 2.56. The molecule has 6 heteroatoms. The van der Waals surface area contributed by atoms with Crippen molar-refractivity contribution < 1.29 is 9.53 Å². The molecule has 0 aromatic carbocycles. The average molecular weight is 316 g/mol. The fourth-order valence-corrected chi connectivity index (χ4v) is 3.10. The molecule has 124 valence electrons. The molecule has 0 radical (unpaired) electrons. The summed E-state index contributed by atoms with van der Waals surface area (Å²) in [6.45, 7) is 1.93. The Hall–Kier alpha value is -1.95. The van der Waals surface area contributed by atoms with Crippen molar-refractivity contribution in [3.05, 3.63) is 29.1 Å². The number of hydrogen-bond acceptors (Lipinski definition) is 4. The van der Waals surface area contributed by atoms with Crippen molar-refractivity contribution in [1.29, 1.82) is 5.41 Å². The highest BCUT2D eigenvalue weighted by Crippen LogP contribution is 2.19. The zero-order valence-electron chi connectivity index (χ0n) is 13.4. The van der Waals surface area contributed by atoms with Gasteiger partial charge in [0.2, 0.25) is 0 Å². The number of fused-ring (bicyclic) bond motifs is 1. The van der Waals surface area contributed by atoms with E-state index in [1.54, 1.807) is 0 Å². The maximum atomic E-state index is 11.9. The molecule has 3 N–H and O–H groups in total. The van der Waals surface area contributed by atoms with E-state index in [1.165, 1.54) is 5.56 Å². The second kappa shape index (κ2) is 7.55. The first-order valence-electron chi connectivity index (χ1n) is 8.41. The number of pyridine rings is 1. The van der Waals surface area contributed by atoms with Gasteiger partial charge >= 0.3 is 6.03 Å². The molecule has 3 rings (SSSR count).